The van der Waals surface area contributed by atoms with E-state index in [1.54, 1.807) is 23.7 Å². The third kappa shape index (κ3) is 1.78. The standard InChI is InChI=1S/C14H13N3S/c1-3-11-9(2)18-14-12(11)8-16-13(17-14)10-4-6-15-7-5-10/h4-8H,3H2,1-2H3. The predicted octanol–water partition coefficient (Wildman–Crippen LogP) is 3.62. The van der Waals surface area contributed by atoms with Crippen LogP contribution in [0, 0.1) is 6.92 Å². The molecule has 0 unspecified atom stereocenters. The summed E-state index contributed by atoms with van der Waals surface area (Å²) in [6, 6.07) is 3.87. The van der Waals surface area contributed by atoms with Crippen molar-refractivity contribution in [2.75, 3.05) is 0 Å². The van der Waals surface area contributed by atoms with Gasteiger partial charge in [0.2, 0.25) is 0 Å². The molecule has 18 heavy (non-hydrogen) atoms. The molecule has 0 aliphatic carbocycles. The third-order valence-corrected chi connectivity index (χ3v) is 4.10. The maximum atomic E-state index is 4.65. The fourth-order valence-electron chi connectivity index (χ4n) is 2.13. The Morgan fingerprint density at radius 2 is 2.00 bits per heavy atom. The number of nitrogens with zero attached hydrogens (tertiary/aromatic N) is 3. The average molecular weight is 255 g/mol. The molecule has 90 valence electrons. The Balaban J connectivity index is 2.18. The van der Waals surface area contributed by atoms with Gasteiger partial charge in [-0.1, -0.05) is 6.92 Å². The van der Waals surface area contributed by atoms with Crippen molar-refractivity contribution in [2.24, 2.45) is 0 Å². The molecule has 0 bridgehead atoms. The number of rotatable bonds is 2. The molecule has 0 aliphatic heterocycles. The highest BCUT2D eigenvalue weighted by molar-refractivity contribution is 7.18. The summed E-state index contributed by atoms with van der Waals surface area (Å²) in [6.07, 6.45) is 6.50. The fraction of sp³-hybridized carbons (Fsp3) is 0.214. The van der Waals surface area contributed by atoms with E-state index in [1.165, 1.54) is 15.8 Å². The van der Waals surface area contributed by atoms with Crippen LogP contribution in [0.4, 0.5) is 0 Å². The lowest BCUT2D eigenvalue weighted by molar-refractivity contribution is 1.14. The van der Waals surface area contributed by atoms with Crippen LogP contribution in [0.2, 0.25) is 0 Å². The van der Waals surface area contributed by atoms with Gasteiger partial charge in [-0.15, -0.1) is 11.3 Å². The Hall–Kier alpha value is -1.81. The van der Waals surface area contributed by atoms with Gasteiger partial charge in [-0.3, -0.25) is 4.98 Å². The van der Waals surface area contributed by atoms with Crippen LogP contribution in [-0.4, -0.2) is 15.0 Å². The van der Waals surface area contributed by atoms with E-state index in [2.05, 4.69) is 28.8 Å². The highest BCUT2D eigenvalue weighted by atomic mass is 32.1. The molecule has 4 heteroatoms. The Bertz CT molecular complexity index is 689. The van der Waals surface area contributed by atoms with Crippen LogP contribution >= 0.6 is 11.3 Å². The molecular formula is C14H13N3S. The molecule has 0 spiro atoms. The zero-order valence-corrected chi connectivity index (χ0v) is 11.2. The van der Waals surface area contributed by atoms with Gasteiger partial charge in [-0.25, -0.2) is 9.97 Å². The second kappa shape index (κ2) is 4.46. The predicted molar refractivity (Wildman–Crippen MR) is 74.8 cm³/mol. The van der Waals surface area contributed by atoms with Gasteiger partial charge < -0.3 is 0 Å². The number of aromatic nitrogens is 3. The number of hydrogen-bond donors (Lipinski definition) is 0. The summed E-state index contributed by atoms with van der Waals surface area (Å²) in [5.74, 6) is 0.772. The lowest BCUT2D eigenvalue weighted by Gasteiger charge is -1.99. The highest BCUT2D eigenvalue weighted by Crippen LogP contribution is 2.30. The first-order chi connectivity index (χ1) is 8.79. The lowest BCUT2D eigenvalue weighted by Crippen LogP contribution is -1.89. The van der Waals surface area contributed by atoms with Gasteiger partial charge in [0.25, 0.3) is 0 Å². The van der Waals surface area contributed by atoms with Crippen LogP contribution < -0.4 is 0 Å². The molecule has 0 aliphatic rings. The first-order valence-corrected chi connectivity index (χ1v) is 6.76. The second-order valence-electron chi connectivity index (χ2n) is 4.14. The van der Waals surface area contributed by atoms with Crippen LogP contribution in [0.3, 0.4) is 0 Å². The highest BCUT2D eigenvalue weighted by Gasteiger charge is 2.10. The molecule has 0 amide bonds. The second-order valence-corrected chi connectivity index (χ2v) is 5.34. The van der Waals surface area contributed by atoms with Gasteiger partial charge in [0, 0.05) is 34.4 Å². The Morgan fingerprint density at radius 3 is 2.72 bits per heavy atom. The van der Waals surface area contributed by atoms with E-state index in [0.29, 0.717) is 0 Å². The Labute approximate surface area is 110 Å². The molecule has 0 aromatic carbocycles. The topological polar surface area (TPSA) is 38.7 Å². The first kappa shape index (κ1) is 11.3. The number of hydrogen-bond acceptors (Lipinski definition) is 4. The van der Waals surface area contributed by atoms with Gasteiger partial charge in [-0.2, -0.15) is 0 Å². The molecule has 0 atom stereocenters. The maximum absolute atomic E-state index is 4.65. The Morgan fingerprint density at radius 1 is 1.22 bits per heavy atom. The molecular weight excluding hydrogens is 242 g/mol. The van der Waals surface area contributed by atoms with Gasteiger partial charge in [-0.05, 0) is 31.0 Å². The quantitative estimate of drug-likeness (QED) is 0.702. The minimum absolute atomic E-state index is 0.772. The fourth-order valence-corrected chi connectivity index (χ4v) is 3.21. The molecule has 3 aromatic heterocycles. The van der Waals surface area contributed by atoms with Crippen molar-refractivity contribution in [3.8, 4) is 11.4 Å². The number of pyridine rings is 1. The summed E-state index contributed by atoms with van der Waals surface area (Å²) < 4.78 is 0. The SMILES string of the molecule is CCc1c(C)sc2nc(-c3ccncc3)ncc12. The summed E-state index contributed by atoms with van der Waals surface area (Å²) in [5, 5.41) is 1.19. The molecule has 0 saturated heterocycles. The van der Waals surface area contributed by atoms with Crippen LogP contribution in [0.25, 0.3) is 21.6 Å². The van der Waals surface area contributed by atoms with E-state index in [0.717, 1.165) is 22.6 Å². The third-order valence-electron chi connectivity index (χ3n) is 3.05. The zero-order valence-electron chi connectivity index (χ0n) is 10.3. The van der Waals surface area contributed by atoms with Crippen molar-refractivity contribution < 1.29 is 0 Å². The van der Waals surface area contributed by atoms with Crippen LogP contribution in [0.15, 0.2) is 30.7 Å². The van der Waals surface area contributed by atoms with Gasteiger partial charge >= 0.3 is 0 Å². The van der Waals surface area contributed by atoms with Gasteiger partial charge in [0.15, 0.2) is 5.82 Å². The van der Waals surface area contributed by atoms with Crippen LogP contribution in [0.1, 0.15) is 17.4 Å². The van der Waals surface area contributed by atoms with Crippen molar-refractivity contribution in [1.82, 2.24) is 15.0 Å². The van der Waals surface area contributed by atoms with E-state index in [-0.39, 0.29) is 0 Å². The van der Waals surface area contributed by atoms with E-state index >= 15 is 0 Å². The number of aryl methyl sites for hydroxylation is 2. The van der Waals surface area contributed by atoms with Crippen LogP contribution in [-0.2, 0) is 6.42 Å². The molecule has 0 saturated carbocycles. The van der Waals surface area contributed by atoms with Crippen molar-refractivity contribution >= 4 is 21.6 Å². The number of fused-ring (bicyclic) bond motifs is 1. The molecule has 3 rings (SSSR count). The molecule has 0 radical (unpaired) electrons. The minimum Gasteiger partial charge on any atom is -0.265 e. The smallest absolute Gasteiger partial charge is 0.160 e. The van der Waals surface area contributed by atoms with Crippen molar-refractivity contribution in [3.63, 3.8) is 0 Å². The summed E-state index contributed by atoms with van der Waals surface area (Å²) in [4.78, 5) is 15.5. The van der Waals surface area contributed by atoms with Crippen LogP contribution in [0.5, 0.6) is 0 Å². The monoisotopic (exact) mass is 255 g/mol. The normalized spacial score (nSPS) is 11.0. The summed E-state index contributed by atoms with van der Waals surface area (Å²) in [7, 11) is 0. The Kier molecular flexibility index (Phi) is 2.80. The van der Waals surface area contributed by atoms with Gasteiger partial charge in [0.05, 0.1) is 0 Å². The molecule has 3 heterocycles. The molecule has 0 N–H and O–H groups in total. The number of thiophene rings is 1. The molecule has 3 aromatic rings. The van der Waals surface area contributed by atoms with E-state index in [1.807, 2.05) is 18.3 Å². The van der Waals surface area contributed by atoms with E-state index < -0.39 is 0 Å². The van der Waals surface area contributed by atoms with Crippen molar-refractivity contribution in [2.45, 2.75) is 20.3 Å². The summed E-state index contributed by atoms with van der Waals surface area (Å²) in [5.41, 5.74) is 2.38. The molecule has 3 nitrogen and oxygen atoms in total. The first-order valence-electron chi connectivity index (χ1n) is 5.95. The van der Waals surface area contributed by atoms with E-state index in [9.17, 15) is 0 Å². The van der Waals surface area contributed by atoms with Crippen molar-refractivity contribution in [1.29, 1.82) is 0 Å². The largest absolute Gasteiger partial charge is 0.265 e. The zero-order chi connectivity index (χ0) is 12.5. The summed E-state index contributed by atoms with van der Waals surface area (Å²) >= 11 is 1.75. The van der Waals surface area contributed by atoms with Crippen molar-refractivity contribution in [3.05, 3.63) is 41.2 Å². The average Bonchev–Trinajstić information content (AvgIpc) is 2.74. The summed E-state index contributed by atoms with van der Waals surface area (Å²) in [6.45, 7) is 4.32. The maximum Gasteiger partial charge on any atom is 0.160 e. The minimum atomic E-state index is 0.772. The molecule has 0 fully saturated rings. The van der Waals surface area contributed by atoms with E-state index in [4.69, 9.17) is 0 Å². The lowest BCUT2D eigenvalue weighted by atomic mass is 10.1. The van der Waals surface area contributed by atoms with Gasteiger partial charge in [0.1, 0.15) is 4.83 Å².